The van der Waals surface area contributed by atoms with Gasteiger partial charge in [-0.15, -0.1) is 0 Å². The maximum atomic E-state index is 11.1. The zero-order valence-electron chi connectivity index (χ0n) is 9.43. The highest BCUT2D eigenvalue weighted by atomic mass is 16.5. The molecule has 0 radical (unpaired) electrons. The predicted molar refractivity (Wildman–Crippen MR) is 59.0 cm³/mol. The number of nitrogens with zero attached hydrogens (tertiary/aromatic N) is 1. The third kappa shape index (κ3) is 3.29. The standard InChI is InChI=1S/C11H16N2O3/c1-11(8-16-2,10(14)15)13-7-9-5-3-4-6-12-9/h3-6,13H,7-8H2,1-2H3,(H,14,15). The van der Waals surface area contributed by atoms with Gasteiger partial charge in [0.15, 0.2) is 0 Å². The first-order valence-electron chi connectivity index (χ1n) is 4.96. The van der Waals surface area contributed by atoms with Crippen molar-refractivity contribution in [1.82, 2.24) is 10.3 Å². The van der Waals surface area contributed by atoms with Crippen molar-refractivity contribution in [1.29, 1.82) is 0 Å². The minimum Gasteiger partial charge on any atom is -0.480 e. The number of ether oxygens (including phenoxy) is 1. The molecule has 1 rings (SSSR count). The minimum atomic E-state index is -1.09. The van der Waals surface area contributed by atoms with Crippen LogP contribution in [0.1, 0.15) is 12.6 Å². The smallest absolute Gasteiger partial charge is 0.326 e. The Balaban J connectivity index is 2.60. The van der Waals surface area contributed by atoms with E-state index >= 15 is 0 Å². The molecule has 0 saturated carbocycles. The van der Waals surface area contributed by atoms with Crippen LogP contribution in [-0.2, 0) is 16.1 Å². The Kier molecular flexibility index (Phi) is 4.39. The summed E-state index contributed by atoms with van der Waals surface area (Å²) in [4.78, 5) is 15.2. The summed E-state index contributed by atoms with van der Waals surface area (Å²) in [6.07, 6.45) is 1.67. The van der Waals surface area contributed by atoms with Gasteiger partial charge in [0.1, 0.15) is 5.54 Å². The molecule has 0 fully saturated rings. The van der Waals surface area contributed by atoms with Crippen LogP contribution in [0.3, 0.4) is 0 Å². The highest BCUT2D eigenvalue weighted by Crippen LogP contribution is 2.06. The fraction of sp³-hybridized carbons (Fsp3) is 0.455. The molecule has 0 aliphatic heterocycles. The topological polar surface area (TPSA) is 71.5 Å². The Bertz CT molecular complexity index is 342. The van der Waals surface area contributed by atoms with Gasteiger partial charge in [-0.3, -0.25) is 15.1 Å². The summed E-state index contributed by atoms with van der Waals surface area (Å²) < 4.78 is 4.89. The molecule has 0 bridgehead atoms. The first-order valence-corrected chi connectivity index (χ1v) is 4.96. The van der Waals surface area contributed by atoms with Crippen LogP contribution in [0.2, 0.25) is 0 Å². The number of hydrogen-bond acceptors (Lipinski definition) is 4. The lowest BCUT2D eigenvalue weighted by Crippen LogP contribution is -2.52. The zero-order chi connectivity index (χ0) is 12.0. The Morgan fingerprint density at radius 1 is 1.62 bits per heavy atom. The van der Waals surface area contributed by atoms with E-state index in [2.05, 4.69) is 10.3 Å². The van der Waals surface area contributed by atoms with Gasteiger partial charge in [0.25, 0.3) is 0 Å². The van der Waals surface area contributed by atoms with E-state index in [1.54, 1.807) is 13.1 Å². The number of rotatable bonds is 6. The van der Waals surface area contributed by atoms with Crippen LogP contribution in [0.15, 0.2) is 24.4 Å². The van der Waals surface area contributed by atoms with E-state index in [9.17, 15) is 4.79 Å². The van der Waals surface area contributed by atoms with E-state index in [0.717, 1.165) is 5.69 Å². The Morgan fingerprint density at radius 2 is 2.38 bits per heavy atom. The molecule has 88 valence electrons. The SMILES string of the molecule is COCC(C)(NCc1ccccn1)C(=O)O. The summed E-state index contributed by atoms with van der Waals surface area (Å²) in [5.74, 6) is -0.940. The quantitative estimate of drug-likeness (QED) is 0.742. The van der Waals surface area contributed by atoms with Crippen molar-refractivity contribution >= 4 is 5.97 Å². The number of carbonyl (C=O) groups is 1. The lowest BCUT2D eigenvalue weighted by atomic mass is 10.0. The molecule has 0 aliphatic carbocycles. The molecule has 1 aromatic rings. The Morgan fingerprint density at radius 3 is 2.88 bits per heavy atom. The summed E-state index contributed by atoms with van der Waals surface area (Å²) >= 11 is 0. The molecule has 0 amide bonds. The Labute approximate surface area is 94.5 Å². The molecule has 0 saturated heterocycles. The van der Waals surface area contributed by atoms with E-state index in [0.29, 0.717) is 6.54 Å². The molecule has 1 heterocycles. The monoisotopic (exact) mass is 224 g/mol. The lowest BCUT2D eigenvalue weighted by molar-refractivity contribution is -0.146. The van der Waals surface area contributed by atoms with Gasteiger partial charge in [0, 0.05) is 19.9 Å². The number of carboxylic acids is 1. The molecule has 0 aromatic carbocycles. The number of nitrogens with one attached hydrogen (secondary N) is 1. The number of carboxylic acid groups (broad SMARTS) is 1. The zero-order valence-corrected chi connectivity index (χ0v) is 9.43. The van der Waals surface area contributed by atoms with Gasteiger partial charge < -0.3 is 9.84 Å². The molecule has 1 unspecified atom stereocenters. The van der Waals surface area contributed by atoms with Gasteiger partial charge in [-0.1, -0.05) is 6.07 Å². The maximum Gasteiger partial charge on any atom is 0.326 e. The van der Waals surface area contributed by atoms with Crippen LogP contribution in [0, 0.1) is 0 Å². The maximum absolute atomic E-state index is 11.1. The molecular formula is C11H16N2O3. The number of methoxy groups -OCH3 is 1. The molecule has 2 N–H and O–H groups in total. The number of pyridine rings is 1. The van der Waals surface area contributed by atoms with Crippen molar-refractivity contribution in [2.45, 2.75) is 19.0 Å². The second kappa shape index (κ2) is 5.58. The van der Waals surface area contributed by atoms with Crippen LogP contribution in [0.5, 0.6) is 0 Å². The van der Waals surface area contributed by atoms with E-state index in [4.69, 9.17) is 9.84 Å². The van der Waals surface area contributed by atoms with Crippen molar-refractivity contribution in [2.24, 2.45) is 0 Å². The molecule has 16 heavy (non-hydrogen) atoms. The van der Waals surface area contributed by atoms with Gasteiger partial charge in [-0.05, 0) is 19.1 Å². The first-order chi connectivity index (χ1) is 7.58. The summed E-state index contributed by atoms with van der Waals surface area (Å²) in [6.45, 7) is 2.09. The molecule has 0 aliphatic rings. The second-order valence-electron chi connectivity index (χ2n) is 3.74. The van der Waals surface area contributed by atoms with Gasteiger partial charge in [0.05, 0.1) is 12.3 Å². The first kappa shape index (κ1) is 12.6. The third-order valence-corrected chi connectivity index (χ3v) is 2.29. The normalized spacial score (nSPS) is 14.4. The number of aromatic nitrogens is 1. The van der Waals surface area contributed by atoms with E-state index in [-0.39, 0.29) is 6.61 Å². The molecular weight excluding hydrogens is 208 g/mol. The van der Waals surface area contributed by atoms with E-state index in [1.807, 2.05) is 18.2 Å². The largest absolute Gasteiger partial charge is 0.480 e. The summed E-state index contributed by atoms with van der Waals surface area (Å²) in [5.41, 5.74) is -0.294. The van der Waals surface area contributed by atoms with Crippen LogP contribution in [0.25, 0.3) is 0 Å². The fourth-order valence-corrected chi connectivity index (χ4v) is 1.27. The van der Waals surface area contributed by atoms with Crippen molar-refractivity contribution in [3.63, 3.8) is 0 Å². The van der Waals surface area contributed by atoms with Crippen LogP contribution < -0.4 is 5.32 Å². The number of aliphatic carboxylic acids is 1. The van der Waals surface area contributed by atoms with Crippen molar-refractivity contribution in [3.05, 3.63) is 30.1 Å². The van der Waals surface area contributed by atoms with Gasteiger partial charge in [0.2, 0.25) is 0 Å². The lowest BCUT2D eigenvalue weighted by Gasteiger charge is -2.25. The molecule has 0 spiro atoms. The van der Waals surface area contributed by atoms with Gasteiger partial charge in [-0.25, -0.2) is 0 Å². The molecule has 1 aromatic heterocycles. The van der Waals surface area contributed by atoms with Gasteiger partial charge in [-0.2, -0.15) is 0 Å². The third-order valence-electron chi connectivity index (χ3n) is 2.29. The van der Waals surface area contributed by atoms with Crippen molar-refractivity contribution < 1.29 is 14.6 Å². The van der Waals surface area contributed by atoms with Crippen LogP contribution >= 0.6 is 0 Å². The van der Waals surface area contributed by atoms with Gasteiger partial charge >= 0.3 is 5.97 Å². The van der Waals surface area contributed by atoms with Crippen molar-refractivity contribution in [3.8, 4) is 0 Å². The average molecular weight is 224 g/mol. The summed E-state index contributed by atoms with van der Waals surface area (Å²) in [6, 6.07) is 5.51. The molecule has 1 atom stereocenters. The second-order valence-corrected chi connectivity index (χ2v) is 3.74. The van der Waals surface area contributed by atoms with E-state index < -0.39 is 11.5 Å². The average Bonchev–Trinajstić information content (AvgIpc) is 2.28. The van der Waals surface area contributed by atoms with Crippen LogP contribution in [0.4, 0.5) is 0 Å². The highest BCUT2D eigenvalue weighted by molar-refractivity contribution is 5.78. The highest BCUT2D eigenvalue weighted by Gasteiger charge is 2.32. The summed E-state index contributed by atoms with van der Waals surface area (Å²) in [5, 5.41) is 12.0. The van der Waals surface area contributed by atoms with Crippen LogP contribution in [-0.4, -0.2) is 35.3 Å². The van der Waals surface area contributed by atoms with E-state index in [1.165, 1.54) is 7.11 Å². The Hall–Kier alpha value is -1.46. The fourth-order valence-electron chi connectivity index (χ4n) is 1.27. The number of hydrogen-bond donors (Lipinski definition) is 2. The minimum absolute atomic E-state index is 0.106. The van der Waals surface area contributed by atoms with Crippen molar-refractivity contribution in [2.75, 3.05) is 13.7 Å². The molecule has 5 heteroatoms. The summed E-state index contributed by atoms with van der Waals surface area (Å²) in [7, 11) is 1.48. The molecule has 5 nitrogen and oxygen atoms in total. The predicted octanol–water partition coefficient (Wildman–Crippen LogP) is 0.661.